The average molecular weight is 216 g/mol. The topological polar surface area (TPSA) is 40.0 Å². The van der Waals surface area contributed by atoms with Gasteiger partial charge in [0.25, 0.3) is 0 Å². The molecule has 4 heteroatoms. The quantitative estimate of drug-likeness (QED) is 0.782. The minimum Gasteiger partial charge on any atom is -0.315 e. The largest absolute Gasteiger partial charge is 0.315 e. The molecule has 2 heterocycles. The van der Waals surface area contributed by atoms with Gasteiger partial charge >= 0.3 is 0 Å². The molecule has 0 saturated carbocycles. The highest BCUT2D eigenvalue weighted by Crippen LogP contribution is 2.27. The highest BCUT2D eigenvalue weighted by atomic mass is 15.6. The Morgan fingerprint density at radius 2 is 2.25 bits per heavy atom. The molecule has 0 bridgehead atoms. The van der Waals surface area contributed by atoms with Gasteiger partial charge in [-0.25, -0.2) is 0 Å². The van der Waals surface area contributed by atoms with Crippen LogP contribution in [0, 0.1) is 0 Å². The van der Waals surface area contributed by atoms with Gasteiger partial charge in [-0.3, -0.25) is 5.01 Å². The Balaban J connectivity index is 1.77. The highest BCUT2D eigenvalue weighted by Gasteiger charge is 2.23. The molecule has 3 rings (SSSR count). The molecule has 16 heavy (non-hydrogen) atoms. The van der Waals surface area contributed by atoms with Crippen LogP contribution in [-0.2, 0) is 6.54 Å². The maximum atomic E-state index is 4.31. The van der Waals surface area contributed by atoms with Crippen LogP contribution in [0.15, 0.2) is 34.6 Å². The van der Waals surface area contributed by atoms with Crippen molar-refractivity contribution in [2.24, 2.45) is 10.3 Å². The zero-order valence-electron chi connectivity index (χ0n) is 9.26. The molecule has 1 unspecified atom stereocenters. The van der Waals surface area contributed by atoms with Crippen molar-refractivity contribution < 1.29 is 0 Å². The lowest BCUT2D eigenvalue weighted by molar-refractivity contribution is 0.148. The van der Waals surface area contributed by atoms with E-state index >= 15 is 0 Å². The number of benzene rings is 1. The minimum atomic E-state index is 0.505. The van der Waals surface area contributed by atoms with E-state index in [4.69, 9.17) is 0 Å². The fourth-order valence-corrected chi connectivity index (χ4v) is 2.34. The molecule has 0 radical (unpaired) electrons. The van der Waals surface area contributed by atoms with E-state index in [1.165, 1.54) is 18.4 Å². The van der Waals surface area contributed by atoms with Crippen LogP contribution in [0.1, 0.15) is 18.4 Å². The Morgan fingerprint density at radius 3 is 3.12 bits per heavy atom. The third-order valence-corrected chi connectivity index (χ3v) is 3.28. The van der Waals surface area contributed by atoms with Crippen LogP contribution in [0.5, 0.6) is 0 Å². The zero-order valence-corrected chi connectivity index (χ0v) is 9.26. The molecule has 84 valence electrons. The summed E-state index contributed by atoms with van der Waals surface area (Å²) in [5, 5.41) is 14.1. The van der Waals surface area contributed by atoms with Crippen molar-refractivity contribution in [3.8, 4) is 0 Å². The van der Waals surface area contributed by atoms with E-state index in [0.717, 1.165) is 25.3 Å². The summed E-state index contributed by atoms with van der Waals surface area (Å²) in [6.07, 6.45) is 2.45. The number of rotatable bonds is 1. The number of fused-ring (bicyclic) bond motifs is 1. The molecule has 0 aliphatic carbocycles. The van der Waals surface area contributed by atoms with Gasteiger partial charge in [0.1, 0.15) is 0 Å². The first-order chi connectivity index (χ1) is 7.93. The number of hydrogen-bond acceptors (Lipinski definition) is 4. The first-order valence-electron chi connectivity index (χ1n) is 5.90. The lowest BCUT2D eigenvalue weighted by atomic mass is 10.1. The van der Waals surface area contributed by atoms with Crippen molar-refractivity contribution in [3.05, 3.63) is 29.8 Å². The number of piperidine rings is 1. The predicted molar refractivity (Wildman–Crippen MR) is 62.4 cm³/mol. The maximum Gasteiger partial charge on any atom is 0.0924 e. The monoisotopic (exact) mass is 216 g/mol. The van der Waals surface area contributed by atoms with E-state index in [2.05, 4.69) is 32.8 Å². The summed E-state index contributed by atoms with van der Waals surface area (Å²) in [5.41, 5.74) is 2.30. The second-order valence-electron chi connectivity index (χ2n) is 4.42. The fraction of sp³-hybridized carbons (Fsp3) is 0.500. The molecule has 1 aromatic carbocycles. The number of hydrogen-bond donors (Lipinski definition) is 1. The molecule has 1 saturated heterocycles. The van der Waals surface area contributed by atoms with E-state index in [0.29, 0.717) is 6.04 Å². The average Bonchev–Trinajstić information content (AvgIpc) is 2.39. The second kappa shape index (κ2) is 4.22. The zero-order chi connectivity index (χ0) is 10.8. The summed E-state index contributed by atoms with van der Waals surface area (Å²) in [7, 11) is 0. The second-order valence-corrected chi connectivity index (χ2v) is 4.42. The summed E-state index contributed by atoms with van der Waals surface area (Å²) in [5.74, 6) is 0. The standard InChI is InChI=1S/C12H16N4/c1-2-6-12-10(4-1)9-16(15-14-12)11-5-3-7-13-8-11/h1-2,4,6,11,13H,3,5,7-9H2. The van der Waals surface area contributed by atoms with E-state index in [1.807, 2.05) is 12.1 Å². The Labute approximate surface area is 95.3 Å². The maximum absolute atomic E-state index is 4.31. The van der Waals surface area contributed by atoms with Gasteiger partial charge in [-0.2, -0.15) is 0 Å². The molecule has 0 spiro atoms. The van der Waals surface area contributed by atoms with Gasteiger partial charge in [0.2, 0.25) is 0 Å². The van der Waals surface area contributed by atoms with Crippen molar-refractivity contribution in [1.82, 2.24) is 10.3 Å². The van der Waals surface area contributed by atoms with E-state index in [1.54, 1.807) is 0 Å². The van der Waals surface area contributed by atoms with Gasteiger partial charge in [0.05, 0.1) is 18.3 Å². The van der Waals surface area contributed by atoms with Crippen LogP contribution < -0.4 is 5.32 Å². The van der Waals surface area contributed by atoms with Crippen LogP contribution in [0.4, 0.5) is 5.69 Å². The molecule has 2 aliphatic rings. The summed E-state index contributed by atoms with van der Waals surface area (Å²) in [6.45, 7) is 3.06. The van der Waals surface area contributed by atoms with Gasteiger partial charge in [0.15, 0.2) is 0 Å². The Kier molecular flexibility index (Phi) is 2.58. The fourth-order valence-electron chi connectivity index (χ4n) is 2.34. The first kappa shape index (κ1) is 9.78. The predicted octanol–water partition coefficient (Wildman–Crippen LogP) is 2.25. The Morgan fingerprint density at radius 1 is 1.31 bits per heavy atom. The summed E-state index contributed by atoms with van der Waals surface area (Å²) in [4.78, 5) is 0. The van der Waals surface area contributed by atoms with Crippen molar-refractivity contribution in [2.75, 3.05) is 13.1 Å². The first-order valence-corrected chi connectivity index (χ1v) is 5.90. The molecule has 0 aromatic heterocycles. The third kappa shape index (κ3) is 1.80. The highest BCUT2D eigenvalue weighted by molar-refractivity contribution is 5.45. The number of nitrogens with one attached hydrogen (secondary N) is 1. The van der Waals surface area contributed by atoms with Gasteiger partial charge in [-0.15, -0.1) is 5.11 Å². The van der Waals surface area contributed by atoms with Gasteiger partial charge < -0.3 is 5.32 Å². The molecule has 1 atom stereocenters. The molecule has 2 aliphatic heterocycles. The molecule has 4 nitrogen and oxygen atoms in total. The summed E-state index contributed by atoms with van der Waals surface area (Å²) < 4.78 is 0. The van der Waals surface area contributed by atoms with Gasteiger partial charge in [-0.05, 0) is 25.5 Å². The lowest BCUT2D eigenvalue weighted by Gasteiger charge is -2.33. The summed E-state index contributed by atoms with van der Waals surface area (Å²) in [6, 6.07) is 8.74. The molecular weight excluding hydrogens is 200 g/mol. The van der Waals surface area contributed by atoms with Crippen LogP contribution in [0.25, 0.3) is 0 Å². The van der Waals surface area contributed by atoms with Crippen LogP contribution in [0.3, 0.4) is 0 Å². The normalized spacial score (nSPS) is 24.2. The van der Waals surface area contributed by atoms with E-state index < -0.39 is 0 Å². The van der Waals surface area contributed by atoms with Crippen molar-refractivity contribution in [3.63, 3.8) is 0 Å². The van der Waals surface area contributed by atoms with Crippen molar-refractivity contribution in [1.29, 1.82) is 0 Å². The van der Waals surface area contributed by atoms with Crippen LogP contribution in [0.2, 0.25) is 0 Å². The summed E-state index contributed by atoms with van der Waals surface area (Å²) >= 11 is 0. The SMILES string of the molecule is c1ccc2c(c1)CN(C1CCCNC1)N=N2. The van der Waals surface area contributed by atoms with Crippen LogP contribution in [-0.4, -0.2) is 24.1 Å². The lowest BCUT2D eigenvalue weighted by Crippen LogP contribution is -2.43. The third-order valence-electron chi connectivity index (χ3n) is 3.28. The Hall–Kier alpha value is -1.42. The molecule has 1 aromatic rings. The molecular formula is C12H16N4. The van der Waals surface area contributed by atoms with Crippen molar-refractivity contribution >= 4 is 5.69 Å². The van der Waals surface area contributed by atoms with E-state index in [-0.39, 0.29) is 0 Å². The minimum absolute atomic E-state index is 0.505. The van der Waals surface area contributed by atoms with Crippen molar-refractivity contribution in [2.45, 2.75) is 25.4 Å². The van der Waals surface area contributed by atoms with Gasteiger partial charge in [-0.1, -0.05) is 23.4 Å². The van der Waals surface area contributed by atoms with E-state index in [9.17, 15) is 0 Å². The van der Waals surface area contributed by atoms with Crippen LogP contribution >= 0.6 is 0 Å². The molecule has 0 amide bonds. The number of nitrogens with zero attached hydrogens (tertiary/aromatic N) is 3. The van der Waals surface area contributed by atoms with Gasteiger partial charge in [0, 0.05) is 12.1 Å². The molecule has 1 fully saturated rings. The smallest absolute Gasteiger partial charge is 0.0924 e. The molecule has 1 N–H and O–H groups in total. The Bertz CT molecular complexity index is 396.